The van der Waals surface area contributed by atoms with E-state index in [9.17, 15) is 0 Å². The lowest BCUT2D eigenvalue weighted by Crippen LogP contribution is -2.01. The fraction of sp³-hybridized carbons (Fsp3) is 0.0800. The van der Waals surface area contributed by atoms with Crippen LogP contribution >= 0.6 is 11.6 Å². The average molecular weight is 445 g/mol. The molecule has 4 rings (SSSR count). The smallest absolute Gasteiger partial charge is 0.244 e. The second-order valence-corrected chi connectivity index (χ2v) is 7.25. The summed E-state index contributed by atoms with van der Waals surface area (Å²) < 4.78 is 10.6. The Labute approximate surface area is 191 Å². The fourth-order valence-corrected chi connectivity index (χ4v) is 3.23. The van der Waals surface area contributed by atoms with Gasteiger partial charge in [0.1, 0.15) is 11.5 Å². The standard InChI is InChI=1S/C25H21ClN4O2/c1-31-21-13-10-19(24(14-21)32-2)16-27-30-25-28-22(17-6-4-3-5-7-17)15-23(29-25)18-8-11-20(26)12-9-18/h3-16H,1-2H3,(H,28,29,30)/b27-16-. The highest BCUT2D eigenvalue weighted by Crippen LogP contribution is 2.26. The van der Waals surface area contributed by atoms with E-state index in [0.717, 1.165) is 28.1 Å². The van der Waals surface area contributed by atoms with Gasteiger partial charge in [0.25, 0.3) is 0 Å². The van der Waals surface area contributed by atoms with Gasteiger partial charge in [-0.25, -0.2) is 15.4 Å². The average Bonchev–Trinajstić information content (AvgIpc) is 2.85. The van der Waals surface area contributed by atoms with Gasteiger partial charge in [-0.15, -0.1) is 0 Å². The van der Waals surface area contributed by atoms with Crippen molar-refractivity contribution < 1.29 is 9.47 Å². The summed E-state index contributed by atoms with van der Waals surface area (Å²) in [7, 11) is 3.21. The van der Waals surface area contributed by atoms with E-state index in [1.54, 1.807) is 26.5 Å². The third-order valence-electron chi connectivity index (χ3n) is 4.74. The molecule has 4 aromatic rings. The molecule has 0 amide bonds. The quantitative estimate of drug-likeness (QED) is 0.283. The van der Waals surface area contributed by atoms with Crippen LogP contribution in [0.3, 0.4) is 0 Å². The van der Waals surface area contributed by atoms with Crippen molar-refractivity contribution in [1.29, 1.82) is 0 Å². The van der Waals surface area contributed by atoms with Gasteiger partial charge in [-0.05, 0) is 30.3 Å². The number of halogens is 1. The number of anilines is 1. The molecule has 6 nitrogen and oxygen atoms in total. The highest BCUT2D eigenvalue weighted by molar-refractivity contribution is 6.30. The van der Waals surface area contributed by atoms with Crippen LogP contribution in [0.1, 0.15) is 5.56 Å². The van der Waals surface area contributed by atoms with Crippen molar-refractivity contribution in [2.24, 2.45) is 5.10 Å². The molecule has 0 bridgehead atoms. The molecule has 32 heavy (non-hydrogen) atoms. The van der Waals surface area contributed by atoms with Crippen LogP contribution in [-0.4, -0.2) is 30.4 Å². The summed E-state index contributed by atoms with van der Waals surface area (Å²) in [5.41, 5.74) is 7.18. The minimum atomic E-state index is 0.375. The molecule has 0 fully saturated rings. The van der Waals surface area contributed by atoms with Crippen molar-refractivity contribution in [3.63, 3.8) is 0 Å². The topological polar surface area (TPSA) is 68.6 Å². The van der Waals surface area contributed by atoms with E-state index in [4.69, 9.17) is 21.1 Å². The number of nitrogens with one attached hydrogen (secondary N) is 1. The van der Waals surface area contributed by atoms with Gasteiger partial charge in [0.2, 0.25) is 5.95 Å². The van der Waals surface area contributed by atoms with Crippen LogP contribution in [0.5, 0.6) is 11.5 Å². The number of hydrazone groups is 1. The molecule has 1 heterocycles. The summed E-state index contributed by atoms with van der Waals surface area (Å²) in [4.78, 5) is 9.26. The van der Waals surface area contributed by atoms with Crippen molar-refractivity contribution in [2.75, 3.05) is 19.6 Å². The minimum absolute atomic E-state index is 0.375. The molecule has 3 aromatic carbocycles. The van der Waals surface area contributed by atoms with Crippen LogP contribution in [0.25, 0.3) is 22.5 Å². The van der Waals surface area contributed by atoms with Crippen LogP contribution in [0.2, 0.25) is 5.02 Å². The first kappa shape index (κ1) is 21.3. The van der Waals surface area contributed by atoms with E-state index in [1.807, 2.05) is 72.8 Å². The number of benzene rings is 3. The molecule has 0 spiro atoms. The monoisotopic (exact) mass is 444 g/mol. The van der Waals surface area contributed by atoms with E-state index in [1.165, 1.54) is 0 Å². The Morgan fingerprint density at radius 3 is 2.16 bits per heavy atom. The molecule has 0 atom stereocenters. The number of hydrogen-bond acceptors (Lipinski definition) is 6. The van der Waals surface area contributed by atoms with Crippen molar-refractivity contribution in [3.8, 4) is 34.0 Å². The zero-order chi connectivity index (χ0) is 22.3. The Morgan fingerprint density at radius 2 is 1.50 bits per heavy atom. The molecular weight excluding hydrogens is 424 g/mol. The highest BCUT2D eigenvalue weighted by atomic mass is 35.5. The SMILES string of the molecule is COc1ccc(/C=N\Nc2nc(-c3ccccc3)cc(-c3ccc(Cl)cc3)n2)c(OC)c1. The second-order valence-electron chi connectivity index (χ2n) is 6.81. The molecule has 7 heteroatoms. The lowest BCUT2D eigenvalue weighted by atomic mass is 10.1. The predicted molar refractivity (Wildman–Crippen MR) is 129 cm³/mol. The summed E-state index contributed by atoms with van der Waals surface area (Å²) in [6.07, 6.45) is 1.65. The van der Waals surface area contributed by atoms with Crippen molar-refractivity contribution in [3.05, 3.63) is 89.4 Å². The third-order valence-corrected chi connectivity index (χ3v) is 5.00. The van der Waals surface area contributed by atoms with Gasteiger partial charge < -0.3 is 9.47 Å². The lowest BCUT2D eigenvalue weighted by Gasteiger charge is -2.09. The molecule has 0 saturated heterocycles. The molecule has 1 aromatic heterocycles. The van der Waals surface area contributed by atoms with Crippen molar-refractivity contribution in [2.45, 2.75) is 0 Å². The normalized spacial score (nSPS) is 10.8. The first-order chi connectivity index (χ1) is 15.7. The molecule has 0 radical (unpaired) electrons. The van der Waals surface area contributed by atoms with E-state index in [0.29, 0.717) is 22.5 Å². The number of nitrogens with zero attached hydrogens (tertiary/aromatic N) is 3. The summed E-state index contributed by atoms with van der Waals surface area (Å²) >= 11 is 6.05. The zero-order valence-corrected chi connectivity index (χ0v) is 18.4. The molecule has 1 N–H and O–H groups in total. The maximum Gasteiger partial charge on any atom is 0.244 e. The highest BCUT2D eigenvalue weighted by Gasteiger charge is 2.09. The van der Waals surface area contributed by atoms with Crippen LogP contribution in [-0.2, 0) is 0 Å². The Balaban J connectivity index is 1.66. The first-order valence-corrected chi connectivity index (χ1v) is 10.3. The van der Waals surface area contributed by atoms with Crippen LogP contribution in [0.4, 0.5) is 5.95 Å². The van der Waals surface area contributed by atoms with Gasteiger partial charge in [0.05, 0.1) is 31.8 Å². The number of methoxy groups -OCH3 is 2. The second kappa shape index (κ2) is 9.94. The maximum absolute atomic E-state index is 6.05. The summed E-state index contributed by atoms with van der Waals surface area (Å²) in [6.45, 7) is 0. The minimum Gasteiger partial charge on any atom is -0.497 e. The van der Waals surface area contributed by atoms with E-state index < -0.39 is 0 Å². The third kappa shape index (κ3) is 5.04. The Morgan fingerprint density at radius 1 is 0.812 bits per heavy atom. The lowest BCUT2D eigenvalue weighted by molar-refractivity contribution is 0.394. The summed E-state index contributed by atoms with van der Waals surface area (Å²) in [6, 6.07) is 24.9. The Kier molecular flexibility index (Phi) is 6.63. The van der Waals surface area contributed by atoms with Gasteiger partial charge in [0.15, 0.2) is 0 Å². The van der Waals surface area contributed by atoms with Gasteiger partial charge in [0, 0.05) is 27.8 Å². The van der Waals surface area contributed by atoms with Crippen LogP contribution in [0.15, 0.2) is 84.0 Å². The van der Waals surface area contributed by atoms with Crippen molar-refractivity contribution >= 4 is 23.8 Å². The molecule has 0 unspecified atom stereocenters. The Bertz CT molecular complexity index is 1230. The fourth-order valence-electron chi connectivity index (χ4n) is 3.11. The Hall–Kier alpha value is -3.90. The molecule has 0 aliphatic heterocycles. The van der Waals surface area contributed by atoms with Gasteiger partial charge in [-0.3, -0.25) is 0 Å². The number of ether oxygens (including phenoxy) is 2. The molecular formula is C25H21ClN4O2. The summed E-state index contributed by atoms with van der Waals surface area (Å²) in [5.74, 6) is 1.73. The molecule has 0 saturated carbocycles. The van der Waals surface area contributed by atoms with E-state index in [-0.39, 0.29) is 0 Å². The zero-order valence-electron chi connectivity index (χ0n) is 17.6. The number of hydrogen-bond donors (Lipinski definition) is 1. The van der Waals surface area contributed by atoms with E-state index in [2.05, 4.69) is 20.5 Å². The molecule has 0 aliphatic carbocycles. The van der Waals surface area contributed by atoms with Crippen LogP contribution < -0.4 is 14.9 Å². The van der Waals surface area contributed by atoms with Crippen LogP contribution in [0, 0.1) is 0 Å². The molecule has 160 valence electrons. The predicted octanol–water partition coefficient (Wildman–Crippen LogP) is 5.93. The van der Waals surface area contributed by atoms with Gasteiger partial charge in [-0.2, -0.15) is 5.10 Å². The van der Waals surface area contributed by atoms with Gasteiger partial charge in [-0.1, -0.05) is 54.1 Å². The van der Waals surface area contributed by atoms with Crippen molar-refractivity contribution in [1.82, 2.24) is 9.97 Å². The largest absolute Gasteiger partial charge is 0.497 e. The number of aromatic nitrogens is 2. The van der Waals surface area contributed by atoms with Gasteiger partial charge >= 0.3 is 0 Å². The maximum atomic E-state index is 6.05. The molecule has 0 aliphatic rings. The van der Waals surface area contributed by atoms with E-state index >= 15 is 0 Å². The first-order valence-electron chi connectivity index (χ1n) is 9.88. The summed E-state index contributed by atoms with van der Waals surface area (Å²) in [5, 5.41) is 4.99. The number of rotatable bonds is 7.